The van der Waals surface area contributed by atoms with Crippen LogP contribution in [0.25, 0.3) is 0 Å². The Morgan fingerprint density at radius 3 is 2.81 bits per heavy atom. The number of carboxylic acid groups (broad SMARTS) is 1. The first-order chi connectivity index (χ1) is 10.1. The summed E-state index contributed by atoms with van der Waals surface area (Å²) in [6.45, 7) is 1.41. The van der Waals surface area contributed by atoms with Crippen molar-refractivity contribution in [2.24, 2.45) is 5.92 Å². The minimum atomic E-state index is -0.802. The van der Waals surface area contributed by atoms with Gasteiger partial charge in [0.1, 0.15) is 0 Å². The van der Waals surface area contributed by atoms with Gasteiger partial charge in [0, 0.05) is 39.0 Å². The van der Waals surface area contributed by atoms with Crippen molar-refractivity contribution in [2.75, 3.05) is 31.6 Å². The van der Waals surface area contributed by atoms with Crippen molar-refractivity contribution in [2.45, 2.75) is 19.3 Å². The fourth-order valence-corrected chi connectivity index (χ4v) is 2.57. The molecule has 1 aliphatic heterocycles. The molecular weight excluding hydrogens is 272 g/mol. The van der Waals surface area contributed by atoms with Crippen LogP contribution in [0.4, 0.5) is 5.95 Å². The van der Waals surface area contributed by atoms with Crippen LogP contribution in [0.5, 0.6) is 0 Å². The van der Waals surface area contributed by atoms with E-state index in [4.69, 9.17) is 5.11 Å². The molecule has 1 saturated heterocycles. The summed E-state index contributed by atoms with van der Waals surface area (Å²) in [4.78, 5) is 34.7. The van der Waals surface area contributed by atoms with E-state index < -0.39 is 5.97 Å². The highest BCUT2D eigenvalue weighted by Crippen LogP contribution is 2.20. The summed E-state index contributed by atoms with van der Waals surface area (Å²) >= 11 is 0. The molecule has 0 bridgehead atoms. The van der Waals surface area contributed by atoms with Gasteiger partial charge in [0.2, 0.25) is 11.9 Å². The number of carboxylic acids is 1. The molecule has 0 radical (unpaired) electrons. The molecule has 2 heterocycles. The number of aromatic nitrogens is 2. The molecule has 1 aromatic heterocycles. The topological polar surface area (TPSA) is 86.6 Å². The van der Waals surface area contributed by atoms with Gasteiger partial charge in [-0.05, 0) is 24.8 Å². The molecule has 7 nitrogen and oxygen atoms in total. The quantitative estimate of drug-likeness (QED) is 0.856. The van der Waals surface area contributed by atoms with Crippen LogP contribution in [-0.4, -0.2) is 58.5 Å². The number of amides is 1. The van der Waals surface area contributed by atoms with E-state index in [1.165, 1.54) is 0 Å². The van der Waals surface area contributed by atoms with Gasteiger partial charge in [-0.25, -0.2) is 9.97 Å². The van der Waals surface area contributed by atoms with Crippen molar-refractivity contribution in [3.63, 3.8) is 0 Å². The molecule has 0 saturated carbocycles. The number of aliphatic carboxylic acids is 1. The molecule has 1 fully saturated rings. The molecule has 114 valence electrons. The molecule has 1 aromatic rings. The summed E-state index contributed by atoms with van der Waals surface area (Å²) in [5.41, 5.74) is 0. The highest BCUT2D eigenvalue weighted by Gasteiger charge is 2.25. The van der Waals surface area contributed by atoms with Crippen molar-refractivity contribution in [3.8, 4) is 0 Å². The first-order valence-corrected chi connectivity index (χ1v) is 7.04. The number of rotatable bonds is 5. The summed E-state index contributed by atoms with van der Waals surface area (Å²) in [6.07, 6.45) is 5.12. The van der Waals surface area contributed by atoms with Gasteiger partial charge < -0.3 is 14.9 Å². The van der Waals surface area contributed by atoms with Crippen LogP contribution >= 0.6 is 0 Å². The Balaban J connectivity index is 1.89. The molecule has 0 spiro atoms. The van der Waals surface area contributed by atoms with Crippen molar-refractivity contribution in [1.82, 2.24) is 14.9 Å². The van der Waals surface area contributed by atoms with E-state index in [1.54, 1.807) is 35.3 Å². The van der Waals surface area contributed by atoms with Crippen LogP contribution in [0.2, 0.25) is 0 Å². The molecule has 1 unspecified atom stereocenters. The minimum Gasteiger partial charge on any atom is -0.481 e. The van der Waals surface area contributed by atoms with E-state index in [2.05, 4.69) is 9.97 Å². The van der Waals surface area contributed by atoms with E-state index in [0.29, 0.717) is 19.0 Å². The van der Waals surface area contributed by atoms with E-state index in [0.717, 1.165) is 12.8 Å². The molecule has 0 aliphatic carbocycles. The summed E-state index contributed by atoms with van der Waals surface area (Å²) in [5, 5.41) is 8.86. The van der Waals surface area contributed by atoms with E-state index in [9.17, 15) is 9.59 Å². The molecule has 0 aromatic carbocycles. The molecule has 1 aliphatic rings. The monoisotopic (exact) mass is 292 g/mol. The number of hydrogen-bond acceptors (Lipinski definition) is 5. The zero-order chi connectivity index (χ0) is 15.2. The Hall–Kier alpha value is -2.18. The molecule has 1 amide bonds. The first-order valence-electron chi connectivity index (χ1n) is 7.04. The van der Waals surface area contributed by atoms with E-state index in [-0.39, 0.29) is 24.8 Å². The first kappa shape index (κ1) is 15.2. The predicted molar refractivity (Wildman–Crippen MR) is 76.9 cm³/mol. The summed E-state index contributed by atoms with van der Waals surface area (Å²) in [6, 6.07) is 1.72. The van der Waals surface area contributed by atoms with Gasteiger partial charge in [0.15, 0.2) is 0 Å². The van der Waals surface area contributed by atoms with Gasteiger partial charge in [-0.15, -0.1) is 0 Å². The largest absolute Gasteiger partial charge is 0.481 e. The number of anilines is 1. The number of likely N-dealkylation sites (N-methyl/N-ethyl adjacent to an activating group) is 1. The summed E-state index contributed by atoms with van der Waals surface area (Å²) in [5.74, 6) is -0.257. The second-order valence-corrected chi connectivity index (χ2v) is 5.35. The molecule has 2 rings (SSSR count). The predicted octanol–water partition coefficient (Wildman–Crippen LogP) is 0.626. The Kier molecular flexibility index (Phi) is 5.08. The number of nitrogens with zero attached hydrogens (tertiary/aromatic N) is 4. The number of piperidine rings is 1. The fraction of sp³-hybridized carbons (Fsp3) is 0.571. The Labute approximate surface area is 123 Å². The Morgan fingerprint density at radius 1 is 1.43 bits per heavy atom. The number of carbonyl (C=O) groups excluding carboxylic acids is 1. The second-order valence-electron chi connectivity index (χ2n) is 5.35. The SMILES string of the molecule is CN(CC(=O)N1CCCC(CC(=O)O)C1)c1ncccn1. The van der Waals surface area contributed by atoms with Crippen LogP contribution in [-0.2, 0) is 9.59 Å². The average Bonchev–Trinajstić information content (AvgIpc) is 2.47. The van der Waals surface area contributed by atoms with Gasteiger partial charge in [-0.3, -0.25) is 9.59 Å². The third kappa shape index (κ3) is 4.40. The maximum Gasteiger partial charge on any atom is 0.303 e. The van der Waals surface area contributed by atoms with Gasteiger partial charge >= 0.3 is 5.97 Å². The van der Waals surface area contributed by atoms with Crippen LogP contribution in [0.3, 0.4) is 0 Å². The average molecular weight is 292 g/mol. The van der Waals surface area contributed by atoms with Crippen molar-refractivity contribution in [3.05, 3.63) is 18.5 Å². The zero-order valence-electron chi connectivity index (χ0n) is 12.1. The Bertz CT molecular complexity index is 494. The lowest BCUT2D eigenvalue weighted by Crippen LogP contribution is -2.45. The lowest BCUT2D eigenvalue weighted by atomic mass is 9.95. The van der Waals surface area contributed by atoms with Gasteiger partial charge in [-0.2, -0.15) is 0 Å². The maximum atomic E-state index is 12.3. The standard InChI is InChI=1S/C14H20N4O3/c1-17(14-15-5-3-6-16-14)10-12(19)18-7-2-4-11(9-18)8-13(20)21/h3,5-6,11H,2,4,7-10H2,1H3,(H,20,21). The Morgan fingerprint density at radius 2 is 2.14 bits per heavy atom. The minimum absolute atomic E-state index is 0.0139. The molecule has 1 atom stereocenters. The van der Waals surface area contributed by atoms with E-state index >= 15 is 0 Å². The number of hydrogen-bond donors (Lipinski definition) is 1. The molecule has 21 heavy (non-hydrogen) atoms. The smallest absolute Gasteiger partial charge is 0.303 e. The third-order valence-corrected chi connectivity index (χ3v) is 3.60. The number of carbonyl (C=O) groups is 2. The molecular formula is C14H20N4O3. The summed E-state index contributed by atoms with van der Waals surface area (Å²) < 4.78 is 0. The lowest BCUT2D eigenvalue weighted by Gasteiger charge is -2.33. The van der Waals surface area contributed by atoms with Crippen LogP contribution < -0.4 is 4.90 Å². The zero-order valence-corrected chi connectivity index (χ0v) is 12.1. The van der Waals surface area contributed by atoms with Crippen LogP contribution in [0.1, 0.15) is 19.3 Å². The summed E-state index contributed by atoms with van der Waals surface area (Å²) in [7, 11) is 1.77. The van der Waals surface area contributed by atoms with E-state index in [1.807, 2.05) is 0 Å². The number of likely N-dealkylation sites (tertiary alicyclic amines) is 1. The normalized spacial score (nSPS) is 18.3. The van der Waals surface area contributed by atoms with Gasteiger partial charge in [0.05, 0.1) is 6.54 Å². The maximum absolute atomic E-state index is 12.3. The van der Waals surface area contributed by atoms with Crippen molar-refractivity contribution in [1.29, 1.82) is 0 Å². The van der Waals surface area contributed by atoms with Gasteiger partial charge in [-0.1, -0.05) is 0 Å². The highest BCUT2D eigenvalue weighted by molar-refractivity contribution is 5.81. The second kappa shape index (κ2) is 7.01. The highest BCUT2D eigenvalue weighted by atomic mass is 16.4. The fourth-order valence-electron chi connectivity index (χ4n) is 2.57. The van der Waals surface area contributed by atoms with Gasteiger partial charge in [0.25, 0.3) is 0 Å². The van der Waals surface area contributed by atoms with Crippen molar-refractivity contribution >= 4 is 17.8 Å². The third-order valence-electron chi connectivity index (χ3n) is 3.60. The van der Waals surface area contributed by atoms with Crippen molar-refractivity contribution < 1.29 is 14.7 Å². The van der Waals surface area contributed by atoms with Crippen LogP contribution in [0.15, 0.2) is 18.5 Å². The molecule has 1 N–H and O–H groups in total. The lowest BCUT2D eigenvalue weighted by molar-refractivity contribution is -0.140. The van der Waals surface area contributed by atoms with Crippen LogP contribution in [0, 0.1) is 5.92 Å². The molecule has 7 heteroatoms.